The van der Waals surface area contributed by atoms with E-state index in [4.69, 9.17) is 24.7 Å². The van der Waals surface area contributed by atoms with Crippen LogP contribution < -0.4 is 15.2 Å². The number of carboxylic acid groups (broad SMARTS) is 1. The van der Waals surface area contributed by atoms with Crippen LogP contribution in [0.2, 0.25) is 0 Å². The highest BCUT2D eigenvalue weighted by molar-refractivity contribution is 7.12. The van der Waals surface area contributed by atoms with Gasteiger partial charge < -0.3 is 29.8 Å². The molecule has 0 aliphatic carbocycles. The van der Waals surface area contributed by atoms with E-state index in [2.05, 4.69) is 0 Å². The lowest BCUT2D eigenvalue weighted by Gasteiger charge is -2.24. The molecular formula is C29H32ClNO10S2. The van der Waals surface area contributed by atoms with Crippen molar-refractivity contribution in [1.29, 1.82) is 0 Å². The normalized spacial score (nSPS) is 11.9. The van der Waals surface area contributed by atoms with Gasteiger partial charge in [0.15, 0.2) is 11.5 Å². The summed E-state index contributed by atoms with van der Waals surface area (Å²) >= 11 is 2.40. The number of nitrogens with two attached hydrogens (primary N) is 1. The van der Waals surface area contributed by atoms with Crippen molar-refractivity contribution < 1.29 is 48.0 Å². The van der Waals surface area contributed by atoms with Gasteiger partial charge in [0.05, 0.1) is 10.8 Å². The first-order valence-corrected chi connectivity index (χ1v) is 14.4. The molecule has 0 saturated heterocycles. The molecule has 0 aliphatic heterocycles. The Morgan fingerprint density at radius 3 is 1.67 bits per heavy atom. The lowest BCUT2D eigenvalue weighted by Crippen LogP contribution is -2.36. The number of esters is 4. The number of hydrogen-bond donors (Lipinski definition) is 2. The van der Waals surface area contributed by atoms with E-state index < -0.39 is 46.7 Å². The molecule has 0 bridgehead atoms. The molecule has 1 aromatic carbocycles. The summed E-state index contributed by atoms with van der Waals surface area (Å²) in [6, 6.07) is 9.54. The predicted octanol–water partition coefficient (Wildman–Crippen LogP) is 4.76. The van der Waals surface area contributed by atoms with Gasteiger partial charge in [-0.1, -0.05) is 18.2 Å². The number of carbonyl (C=O) groups is 5. The Morgan fingerprint density at radius 1 is 0.791 bits per heavy atom. The van der Waals surface area contributed by atoms with Crippen molar-refractivity contribution in [3.8, 4) is 11.5 Å². The second-order valence-corrected chi connectivity index (χ2v) is 12.5. The van der Waals surface area contributed by atoms with Crippen molar-refractivity contribution in [1.82, 2.24) is 0 Å². The van der Waals surface area contributed by atoms with Crippen LogP contribution in [0.1, 0.15) is 52.6 Å². The molecule has 0 saturated carbocycles. The van der Waals surface area contributed by atoms with Crippen LogP contribution in [0, 0.1) is 10.8 Å². The highest BCUT2D eigenvalue weighted by Crippen LogP contribution is 2.33. The van der Waals surface area contributed by atoms with Crippen molar-refractivity contribution in [2.75, 3.05) is 13.2 Å². The molecule has 0 amide bonds. The second kappa shape index (κ2) is 15.1. The van der Waals surface area contributed by atoms with E-state index in [1.807, 2.05) is 0 Å². The summed E-state index contributed by atoms with van der Waals surface area (Å²) in [4.78, 5) is 62.8. The van der Waals surface area contributed by atoms with Crippen molar-refractivity contribution in [3.05, 3.63) is 68.5 Å². The zero-order valence-corrected chi connectivity index (χ0v) is 26.3. The van der Waals surface area contributed by atoms with Crippen LogP contribution >= 0.6 is 35.1 Å². The number of hydrogen-bond acceptors (Lipinski definition) is 12. The van der Waals surface area contributed by atoms with E-state index in [0.717, 1.165) is 0 Å². The van der Waals surface area contributed by atoms with Crippen LogP contribution in [0.25, 0.3) is 0 Å². The molecule has 0 radical (unpaired) electrons. The third kappa shape index (κ3) is 9.89. The van der Waals surface area contributed by atoms with E-state index in [-0.39, 0.29) is 43.5 Å². The number of benzene rings is 1. The Balaban J connectivity index is 0.00000645. The third-order valence-electron chi connectivity index (χ3n) is 5.86. The quantitative estimate of drug-likeness (QED) is 0.193. The fourth-order valence-electron chi connectivity index (χ4n) is 3.20. The predicted molar refractivity (Wildman–Crippen MR) is 161 cm³/mol. The van der Waals surface area contributed by atoms with E-state index >= 15 is 0 Å². The van der Waals surface area contributed by atoms with Crippen molar-refractivity contribution in [3.63, 3.8) is 0 Å². The van der Waals surface area contributed by atoms with Crippen LogP contribution in [-0.2, 0) is 30.3 Å². The summed E-state index contributed by atoms with van der Waals surface area (Å²) in [6.07, 6.45) is -0.0971. The first-order valence-electron chi connectivity index (χ1n) is 12.7. The fourth-order valence-corrected chi connectivity index (χ4v) is 4.43. The Labute approximate surface area is 262 Å². The number of rotatable bonds is 13. The summed E-state index contributed by atoms with van der Waals surface area (Å²) in [6.45, 7) is 5.48. The summed E-state index contributed by atoms with van der Waals surface area (Å²) in [5.74, 6) is -4.29. The molecule has 0 unspecified atom stereocenters. The largest absolute Gasteiger partial charge is 0.480 e. The minimum absolute atomic E-state index is 0. The van der Waals surface area contributed by atoms with Crippen molar-refractivity contribution >= 4 is 64.9 Å². The van der Waals surface area contributed by atoms with E-state index in [9.17, 15) is 29.1 Å². The standard InChI is InChI=1S/C29H31NO10S2.ClH/c1-28(2,15-37-24(33)21-7-5-11-41-21)26(35)39-19-10-9-17(13-18(30)23(31)32)14-20(19)40-27(36)29(3,4)16-38-25(34)22-8-6-12-42-22;/h5-12,14,18H,13,15-16,30H2,1-4H3,(H,31,32);1H/t18-;/m0./s1. The summed E-state index contributed by atoms with van der Waals surface area (Å²) < 4.78 is 21.7. The van der Waals surface area contributed by atoms with Gasteiger partial charge in [-0.15, -0.1) is 35.1 Å². The lowest BCUT2D eigenvalue weighted by atomic mass is 9.95. The van der Waals surface area contributed by atoms with E-state index in [0.29, 0.717) is 15.3 Å². The van der Waals surface area contributed by atoms with E-state index in [1.54, 1.807) is 35.0 Å². The van der Waals surface area contributed by atoms with Crippen LogP contribution in [0.5, 0.6) is 11.5 Å². The topological polar surface area (TPSA) is 169 Å². The highest BCUT2D eigenvalue weighted by Gasteiger charge is 2.35. The number of thiophene rings is 2. The molecule has 14 heteroatoms. The molecule has 11 nitrogen and oxygen atoms in total. The first-order chi connectivity index (χ1) is 19.7. The summed E-state index contributed by atoms with van der Waals surface area (Å²) in [5, 5.41) is 12.6. The van der Waals surface area contributed by atoms with Gasteiger partial charge in [-0.3, -0.25) is 14.4 Å². The average Bonchev–Trinajstić information content (AvgIpc) is 3.67. The van der Waals surface area contributed by atoms with Gasteiger partial charge in [0.1, 0.15) is 29.0 Å². The number of carboxylic acids is 1. The van der Waals surface area contributed by atoms with Crippen molar-refractivity contribution in [2.45, 2.75) is 40.2 Å². The Bertz CT molecular complexity index is 1440. The highest BCUT2D eigenvalue weighted by atomic mass is 35.5. The first kappa shape index (κ1) is 35.4. The van der Waals surface area contributed by atoms with Crippen LogP contribution in [0.3, 0.4) is 0 Å². The molecule has 232 valence electrons. The molecule has 0 aliphatic rings. The third-order valence-corrected chi connectivity index (χ3v) is 7.56. The monoisotopic (exact) mass is 653 g/mol. The van der Waals surface area contributed by atoms with Gasteiger partial charge in [-0.05, 0) is 74.7 Å². The Hall–Kier alpha value is -3.78. The van der Waals surface area contributed by atoms with Gasteiger partial charge in [-0.25, -0.2) is 9.59 Å². The molecule has 3 rings (SSSR count). The minimum Gasteiger partial charge on any atom is -0.480 e. The van der Waals surface area contributed by atoms with Gasteiger partial charge in [0, 0.05) is 0 Å². The Morgan fingerprint density at radius 2 is 1.26 bits per heavy atom. The number of carbonyl (C=O) groups excluding carboxylic acids is 4. The molecule has 1 atom stereocenters. The average molecular weight is 654 g/mol. The molecule has 2 aromatic heterocycles. The minimum atomic E-state index is -1.31. The zero-order valence-electron chi connectivity index (χ0n) is 23.8. The number of aliphatic carboxylic acids is 1. The molecule has 43 heavy (non-hydrogen) atoms. The SMILES string of the molecule is CC(C)(COC(=O)c1cccs1)C(=O)Oc1ccc(C[C@H](N)C(=O)O)cc1OC(=O)C(C)(C)COC(=O)c1cccs1.Cl. The molecule has 3 aromatic rings. The molecule has 2 heterocycles. The fraction of sp³-hybridized carbons (Fsp3) is 0.345. The second-order valence-electron chi connectivity index (χ2n) is 10.6. The maximum Gasteiger partial charge on any atom is 0.348 e. The Kier molecular flexibility index (Phi) is 12.4. The lowest BCUT2D eigenvalue weighted by molar-refractivity contribution is -0.149. The van der Waals surface area contributed by atoms with Crippen molar-refractivity contribution in [2.24, 2.45) is 16.6 Å². The zero-order chi connectivity index (χ0) is 31.1. The number of ether oxygens (including phenoxy) is 4. The van der Waals surface area contributed by atoms with Gasteiger partial charge >= 0.3 is 29.8 Å². The molecule has 3 N–H and O–H groups in total. The van der Waals surface area contributed by atoms with Gasteiger partial charge in [0.25, 0.3) is 0 Å². The number of halogens is 1. The van der Waals surface area contributed by atoms with Gasteiger partial charge in [0.2, 0.25) is 0 Å². The van der Waals surface area contributed by atoms with Gasteiger partial charge in [-0.2, -0.15) is 0 Å². The smallest absolute Gasteiger partial charge is 0.348 e. The van der Waals surface area contributed by atoms with Crippen LogP contribution in [-0.4, -0.2) is 54.2 Å². The molecule has 0 spiro atoms. The maximum atomic E-state index is 13.2. The summed E-state index contributed by atoms with van der Waals surface area (Å²) in [5.41, 5.74) is 3.47. The summed E-state index contributed by atoms with van der Waals surface area (Å²) in [7, 11) is 0. The van der Waals surface area contributed by atoms with Crippen LogP contribution in [0.15, 0.2) is 53.2 Å². The maximum absolute atomic E-state index is 13.2. The van der Waals surface area contributed by atoms with Crippen LogP contribution in [0.4, 0.5) is 0 Å². The molecular weight excluding hydrogens is 622 g/mol. The van der Waals surface area contributed by atoms with E-state index in [1.165, 1.54) is 68.6 Å². The molecule has 0 fully saturated rings.